The van der Waals surface area contributed by atoms with Gasteiger partial charge in [0.05, 0.1) is 23.4 Å². The van der Waals surface area contributed by atoms with Crippen molar-refractivity contribution in [3.8, 4) is 5.88 Å². The summed E-state index contributed by atoms with van der Waals surface area (Å²) < 4.78 is 12.9. The van der Waals surface area contributed by atoms with Crippen LogP contribution in [0.15, 0.2) is 24.5 Å². The first-order valence-corrected chi connectivity index (χ1v) is 11.9. The highest BCUT2D eigenvalue weighted by Crippen LogP contribution is 2.25. The molecule has 0 fully saturated rings. The molecule has 0 aliphatic heterocycles. The lowest BCUT2D eigenvalue weighted by Gasteiger charge is -2.16. The molecule has 0 aromatic carbocycles. The number of pyridine rings is 1. The number of fused-ring (bicyclic) bond motifs is 1. The lowest BCUT2D eigenvalue weighted by Crippen LogP contribution is -2.15. The smallest absolute Gasteiger partial charge is 0.217 e. The highest BCUT2D eigenvalue weighted by Gasteiger charge is 2.20. The van der Waals surface area contributed by atoms with Gasteiger partial charge in [0.1, 0.15) is 11.6 Å². The van der Waals surface area contributed by atoms with E-state index in [0.29, 0.717) is 64.4 Å². The van der Waals surface area contributed by atoms with Crippen LogP contribution in [0, 0.1) is 0 Å². The first kappa shape index (κ1) is 26.1. The second-order valence-electron chi connectivity index (χ2n) is 8.03. The maximum absolute atomic E-state index is 13.0. The Balaban J connectivity index is 1.73. The van der Waals surface area contributed by atoms with Crippen molar-refractivity contribution >= 4 is 40.4 Å². The minimum atomic E-state index is -0.327. The Morgan fingerprint density at radius 1 is 1.06 bits per heavy atom. The standard InChI is InChI=1S/C24H28Cl2N4O4/c1-4-6-19(31)7-5-8-34-24-16(9-18(25)14-28-24)10-20(32)11-17-13-27-22-12-21(26)29-30(22)23(17)15(2)33-3/h9,12-15H,4-8,10-11H2,1-3H3/t15-/m0/s1. The first-order chi connectivity index (χ1) is 16.3. The molecule has 0 unspecified atom stereocenters. The van der Waals surface area contributed by atoms with E-state index in [0.717, 1.165) is 6.42 Å². The number of ketones is 2. The van der Waals surface area contributed by atoms with Crippen LogP contribution < -0.4 is 4.74 Å². The summed E-state index contributed by atoms with van der Waals surface area (Å²) in [5.74, 6) is 0.491. The summed E-state index contributed by atoms with van der Waals surface area (Å²) in [7, 11) is 1.59. The monoisotopic (exact) mass is 506 g/mol. The Morgan fingerprint density at radius 3 is 2.56 bits per heavy atom. The molecule has 0 spiro atoms. The predicted molar refractivity (Wildman–Crippen MR) is 130 cm³/mol. The number of Topliss-reactive ketones (excluding diaryl/α,β-unsaturated/α-hetero) is 2. The van der Waals surface area contributed by atoms with E-state index in [1.807, 2.05) is 13.8 Å². The third-order valence-corrected chi connectivity index (χ3v) is 5.74. The van der Waals surface area contributed by atoms with Crippen LogP contribution in [-0.2, 0) is 27.2 Å². The number of hydrogen-bond acceptors (Lipinski definition) is 7. The van der Waals surface area contributed by atoms with E-state index in [2.05, 4.69) is 15.1 Å². The Morgan fingerprint density at radius 2 is 1.82 bits per heavy atom. The van der Waals surface area contributed by atoms with Crippen molar-refractivity contribution in [2.24, 2.45) is 0 Å². The number of ether oxygens (including phenoxy) is 2. The van der Waals surface area contributed by atoms with Crippen LogP contribution in [-0.4, -0.2) is 44.9 Å². The summed E-state index contributed by atoms with van der Waals surface area (Å²) in [4.78, 5) is 33.4. The van der Waals surface area contributed by atoms with Crippen molar-refractivity contribution in [1.82, 2.24) is 19.6 Å². The summed E-state index contributed by atoms with van der Waals surface area (Å²) in [5, 5.41) is 5.00. The van der Waals surface area contributed by atoms with E-state index in [1.165, 1.54) is 6.20 Å². The second-order valence-corrected chi connectivity index (χ2v) is 8.86. The average molecular weight is 507 g/mol. The average Bonchev–Trinajstić information content (AvgIpc) is 3.17. The van der Waals surface area contributed by atoms with Crippen LogP contribution in [0.3, 0.4) is 0 Å². The van der Waals surface area contributed by atoms with Gasteiger partial charge in [-0.25, -0.2) is 14.5 Å². The van der Waals surface area contributed by atoms with Gasteiger partial charge < -0.3 is 9.47 Å². The highest BCUT2D eigenvalue weighted by molar-refractivity contribution is 6.30. The van der Waals surface area contributed by atoms with Gasteiger partial charge in [0.2, 0.25) is 5.88 Å². The van der Waals surface area contributed by atoms with E-state index < -0.39 is 0 Å². The van der Waals surface area contributed by atoms with E-state index >= 15 is 0 Å². The maximum Gasteiger partial charge on any atom is 0.217 e. The molecule has 0 aliphatic rings. The molecule has 3 aromatic rings. The summed E-state index contributed by atoms with van der Waals surface area (Å²) in [6.07, 6.45) is 5.46. The van der Waals surface area contributed by atoms with Crippen molar-refractivity contribution in [1.29, 1.82) is 0 Å². The molecule has 0 saturated carbocycles. The van der Waals surface area contributed by atoms with Gasteiger partial charge in [0.15, 0.2) is 10.8 Å². The number of carbonyl (C=O) groups is 2. The van der Waals surface area contributed by atoms with Gasteiger partial charge in [0, 0.05) is 62.4 Å². The molecule has 3 rings (SSSR count). The number of rotatable bonds is 13. The number of methoxy groups -OCH3 is 1. The van der Waals surface area contributed by atoms with E-state index in [9.17, 15) is 9.59 Å². The minimum absolute atomic E-state index is 0.0732. The zero-order chi connectivity index (χ0) is 24.7. The summed E-state index contributed by atoms with van der Waals surface area (Å²) in [6.45, 7) is 4.18. The van der Waals surface area contributed by atoms with Gasteiger partial charge in [-0.15, -0.1) is 0 Å². The predicted octanol–water partition coefficient (Wildman–Crippen LogP) is 5.02. The highest BCUT2D eigenvalue weighted by atomic mass is 35.5. The molecular formula is C24H28Cl2N4O4. The fourth-order valence-electron chi connectivity index (χ4n) is 3.69. The quantitative estimate of drug-likeness (QED) is 0.300. The van der Waals surface area contributed by atoms with Crippen LogP contribution >= 0.6 is 23.2 Å². The first-order valence-electron chi connectivity index (χ1n) is 11.2. The number of nitrogens with zero attached hydrogens (tertiary/aromatic N) is 4. The maximum atomic E-state index is 13.0. The van der Waals surface area contributed by atoms with Crippen LogP contribution in [0.4, 0.5) is 0 Å². The van der Waals surface area contributed by atoms with Crippen molar-refractivity contribution < 1.29 is 19.1 Å². The molecule has 0 bridgehead atoms. The molecule has 3 aromatic heterocycles. The second kappa shape index (κ2) is 12.2. The van der Waals surface area contributed by atoms with Crippen molar-refractivity contribution in [2.45, 2.75) is 58.5 Å². The fraction of sp³-hybridized carbons (Fsp3) is 0.458. The van der Waals surface area contributed by atoms with E-state index in [1.54, 1.807) is 30.0 Å². The van der Waals surface area contributed by atoms with Crippen molar-refractivity contribution in [2.75, 3.05) is 13.7 Å². The van der Waals surface area contributed by atoms with Crippen LogP contribution in [0.1, 0.15) is 62.5 Å². The number of carbonyl (C=O) groups excluding carboxylic acids is 2. The van der Waals surface area contributed by atoms with Crippen molar-refractivity contribution in [3.63, 3.8) is 0 Å². The molecule has 0 aliphatic carbocycles. The fourth-order valence-corrected chi connectivity index (χ4v) is 4.05. The van der Waals surface area contributed by atoms with Gasteiger partial charge in [0.25, 0.3) is 0 Å². The molecule has 3 heterocycles. The molecule has 182 valence electrons. The van der Waals surface area contributed by atoms with E-state index in [4.69, 9.17) is 32.7 Å². The van der Waals surface area contributed by atoms with Crippen LogP contribution in [0.2, 0.25) is 10.2 Å². The minimum Gasteiger partial charge on any atom is -0.477 e. The molecule has 8 nitrogen and oxygen atoms in total. The Bertz CT molecular complexity index is 1170. The zero-order valence-corrected chi connectivity index (χ0v) is 21.0. The van der Waals surface area contributed by atoms with Gasteiger partial charge in [-0.3, -0.25) is 9.59 Å². The molecule has 34 heavy (non-hydrogen) atoms. The van der Waals surface area contributed by atoms with Gasteiger partial charge >= 0.3 is 0 Å². The van der Waals surface area contributed by atoms with E-state index in [-0.39, 0.29) is 30.5 Å². The largest absolute Gasteiger partial charge is 0.477 e. The third kappa shape index (κ3) is 6.74. The summed E-state index contributed by atoms with van der Waals surface area (Å²) >= 11 is 12.2. The van der Waals surface area contributed by atoms with Gasteiger partial charge in [-0.2, -0.15) is 5.10 Å². The topological polar surface area (TPSA) is 95.7 Å². The van der Waals surface area contributed by atoms with Crippen LogP contribution in [0.5, 0.6) is 5.88 Å². The molecule has 0 saturated heterocycles. The molecule has 0 radical (unpaired) electrons. The number of hydrogen-bond donors (Lipinski definition) is 0. The van der Waals surface area contributed by atoms with Gasteiger partial charge in [-0.1, -0.05) is 30.1 Å². The molecule has 1 atom stereocenters. The molecular weight excluding hydrogens is 479 g/mol. The van der Waals surface area contributed by atoms with Crippen LogP contribution in [0.25, 0.3) is 5.65 Å². The third-order valence-electron chi connectivity index (χ3n) is 5.34. The zero-order valence-electron chi connectivity index (χ0n) is 19.5. The Kier molecular flexibility index (Phi) is 9.38. The molecule has 0 N–H and O–H groups in total. The number of aromatic nitrogens is 4. The number of halogens is 2. The summed E-state index contributed by atoms with van der Waals surface area (Å²) in [6, 6.07) is 3.33. The van der Waals surface area contributed by atoms with Crippen molar-refractivity contribution in [3.05, 3.63) is 51.5 Å². The molecule has 10 heteroatoms. The lowest BCUT2D eigenvalue weighted by atomic mass is 10.0. The Hall–Kier alpha value is -2.55. The normalized spacial score (nSPS) is 12.1. The SMILES string of the molecule is CCCC(=O)CCCOc1ncc(Cl)cc1CC(=O)Cc1cnc2cc(Cl)nn2c1[C@H](C)OC. The Labute approximate surface area is 208 Å². The van der Waals surface area contributed by atoms with Gasteiger partial charge in [-0.05, 0) is 25.8 Å². The lowest BCUT2D eigenvalue weighted by molar-refractivity contribution is -0.119. The summed E-state index contributed by atoms with van der Waals surface area (Å²) in [5.41, 5.74) is 2.57. The molecule has 0 amide bonds.